The summed E-state index contributed by atoms with van der Waals surface area (Å²) in [5, 5.41) is 11.6. The molecule has 1 N–H and O–H groups in total. The Balaban J connectivity index is 2.28. The molecule has 0 bridgehead atoms. The van der Waals surface area contributed by atoms with Crippen LogP contribution in [0.2, 0.25) is 0 Å². The Kier molecular flexibility index (Phi) is 5.71. The van der Waals surface area contributed by atoms with Crippen molar-refractivity contribution in [3.63, 3.8) is 0 Å². The molecule has 2 rings (SSSR count). The molecule has 1 amide bonds. The van der Waals surface area contributed by atoms with Gasteiger partial charge in [0.05, 0.1) is 23.8 Å². The average Bonchev–Trinajstić information content (AvgIpc) is 2.58. The van der Waals surface area contributed by atoms with Crippen LogP contribution in [-0.4, -0.2) is 30.8 Å². The smallest absolute Gasteiger partial charge is 0.260 e. The van der Waals surface area contributed by atoms with Gasteiger partial charge in [0, 0.05) is 32.1 Å². The van der Waals surface area contributed by atoms with Crippen LogP contribution in [0.3, 0.4) is 0 Å². The number of hydrogen-bond acceptors (Lipinski definition) is 5. The van der Waals surface area contributed by atoms with Crippen LogP contribution in [-0.2, 0) is 11.8 Å². The normalized spacial score (nSPS) is 10.0. The highest BCUT2D eigenvalue weighted by atomic mass is 16.5. The maximum atomic E-state index is 12.5. The van der Waals surface area contributed by atoms with Crippen LogP contribution >= 0.6 is 0 Å². The van der Waals surface area contributed by atoms with Crippen LogP contribution in [0.15, 0.2) is 41.3 Å². The van der Waals surface area contributed by atoms with E-state index in [1.807, 2.05) is 6.07 Å². The zero-order valence-electron chi connectivity index (χ0n) is 13.4. The zero-order chi connectivity index (χ0) is 17.5. The molecule has 1 aromatic carbocycles. The van der Waals surface area contributed by atoms with Crippen LogP contribution in [0, 0.1) is 11.3 Å². The first-order valence-electron chi connectivity index (χ1n) is 7.19. The number of anilines is 1. The number of carbonyl (C=O) groups excluding carboxylic acids is 1. The monoisotopic (exact) mass is 327 g/mol. The Labute approximate surface area is 139 Å². The molecular weight excluding hydrogens is 310 g/mol. The second-order valence-electron chi connectivity index (χ2n) is 4.99. The van der Waals surface area contributed by atoms with Crippen molar-refractivity contribution in [1.29, 1.82) is 5.26 Å². The third kappa shape index (κ3) is 4.21. The standard InChI is InChI=1S/C17H17N3O4/c1-20-11-14(15(9-16(20)21)24-7-6-23-2)17(22)19-13-5-3-4-12(8-13)10-18/h3-5,8-9,11H,6-7H2,1-2H3,(H,19,22). The van der Waals surface area contributed by atoms with E-state index in [2.05, 4.69) is 5.32 Å². The molecule has 1 aromatic heterocycles. The molecule has 0 atom stereocenters. The summed E-state index contributed by atoms with van der Waals surface area (Å²) < 4.78 is 11.7. The third-order valence-corrected chi connectivity index (χ3v) is 3.23. The Hall–Kier alpha value is -3.11. The molecular formula is C17H17N3O4. The Bertz CT molecular complexity index is 836. The van der Waals surface area contributed by atoms with E-state index in [0.29, 0.717) is 17.9 Å². The quantitative estimate of drug-likeness (QED) is 0.812. The second kappa shape index (κ2) is 7.94. The van der Waals surface area contributed by atoms with Crippen LogP contribution in [0.5, 0.6) is 5.75 Å². The van der Waals surface area contributed by atoms with Gasteiger partial charge in [-0.2, -0.15) is 5.26 Å². The fourth-order valence-corrected chi connectivity index (χ4v) is 2.00. The molecule has 124 valence electrons. The second-order valence-corrected chi connectivity index (χ2v) is 4.99. The number of ether oxygens (including phenoxy) is 2. The van der Waals surface area contributed by atoms with E-state index >= 15 is 0 Å². The first-order chi connectivity index (χ1) is 11.5. The van der Waals surface area contributed by atoms with Gasteiger partial charge in [0.25, 0.3) is 11.5 Å². The predicted octanol–water partition coefficient (Wildman–Crippen LogP) is 1.53. The average molecular weight is 327 g/mol. The van der Waals surface area contributed by atoms with Crippen LogP contribution in [0.25, 0.3) is 0 Å². The molecule has 0 fully saturated rings. The largest absolute Gasteiger partial charge is 0.490 e. The van der Waals surface area contributed by atoms with Gasteiger partial charge in [-0.25, -0.2) is 0 Å². The van der Waals surface area contributed by atoms with Crippen LogP contribution < -0.4 is 15.6 Å². The van der Waals surface area contributed by atoms with E-state index < -0.39 is 5.91 Å². The van der Waals surface area contributed by atoms with Gasteiger partial charge in [0.15, 0.2) is 0 Å². The molecule has 0 spiro atoms. The molecule has 1 heterocycles. The van der Waals surface area contributed by atoms with Gasteiger partial charge in [0.1, 0.15) is 12.4 Å². The lowest BCUT2D eigenvalue weighted by Crippen LogP contribution is -2.22. The third-order valence-electron chi connectivity index (χ3n) is 3.23. The minimum atomic E-state index is -0.437. The number of hydrogen-bond donors (Lipinski definition) is 1. The summed E-state index contributed by atoms with van der Waals surface area (Å²) in [5.74, 6) is -0.253. The van der Waals surface area contributed by atoms with Crippen molar-refractivity contribution >= 4 is 11.6 Å². The van der Waals surface area contributed by atoms with E-state index in [1.165, 1.54) is 23.9 Å². The number of rotatable bonds is 6. The topological polar surface area (TPSA) is 93.3 Å². The number of amides is 1. The summed E-state index contributed by atoms with van der Waals surface area (Å²) >= 11 is 0. The minimum Gasteiger partial charge on any atom is -0.490 e. The van der Waals surface area contributed by atoms with Gasteiger partial charge < -0.3 is 19.4 Å². The lowest BCUT2D eigenvalue weighted by atomic mass is 10.2. The Morgan fingerprint density at radius 1 is 1.33 bits per heavy atom. The van der Waals surface area contributed by atoms with Crippen molar-refractivity contribution < 1.29 is 14.3 Å². The molecule has 7 nitrogen and oxygen atoms in total. The van der Waals surface area contributed by atoms with Crippen molar-refractivity contribution in [2.24, 2.45) is 7.05 Å². The number of carbonyl (C=O) groups is 1. The summed E-state index contributed by atoms with van der Waals surface area (Å²) in [4.78, 5) is 24.3. The molecule has 0 aliphatic heterocycles. The summed E-state index contributed by atoms with van der Waals surface area (Å²) in [7, 11) is 3.08. The molecule has 0 aliphatic carbocycles. The number of benzene rings is 1. The van der Waals surface area contributed by atoms with E-state index in [-0.39, 0.29) is 23.5 Å². The fourth-order valence-electron chi connectivity index (χ4n) is 2.00. The molecule has 24 heavy (non-hydrogen) atoms. The zero-order valence-corrected chi connectivity index (χ0v) is 13.4. The molecule has 0 unspecified atom stereocenters. The van der Waals surface area contributed by atoms with Gasteiger partial charge >= 0.3 is 0 Å². The highest BCUT2D eigenvalue weighted by Crippen LogP contribution is 2.18. The summed E-state index contributed by atoms with van der Waals surface area (Å²) in [5.41, 5.74) is 0.849. The Morgan fingerprint density at radius 2 is 2.12 bits per heavy atom. The number of methoxy groups -OCH3 is 1. The SMILES string of the molecule is COCCOc1cc(=O)n(C)cc1C(=O)Nc1cccc(C#N)c1. The molecule has 0 aliphatic rings. The summed E-state index contributed by atoms with van der Waals surface area (Å²) in [6.07, 6.45) is 1.41. The number of nitrogens with one attached hydrogen (secondary N) is 1. The predicted molar refractivity (Wildman–Crippen MR) is 88.2 cm³/mol. The van der Waals surface area contributed by atoms with Gasteiger partial charge in [-0.15, -0.1) is 0 Å². The van der Waals surface area contributed by atoms with Gasteiger partial charge in [-0.05, 0) is 18.2 Å². The van der Waals surface area contributed by atoms with Gasteiger partial charge in [-0.1, -0.05) is 6.07 Å². The molecule has 0 radical (unpaired) electrons. The first-order valence-corrected chi connectivity index (χ1v) is 7.19. The van der Waals surface area contributed by atoms with Crippen molar-refractivity contribution in [2.45, 2.75) is 0 Å². The van der Waals surface area contributed by atoms with E-state index in [0.717, 1.165) is 0 Å². The number of aromatic nitrogens is 1. The van der Waals surface area contributed by atoms with E-state index in [1.54, 1.807) is 31.3 Å². The number of pyridine rings is 1. The summed E-state index contributed by atoms with van der Waals surface area (Å²) in [6.45, 7) is 0.550. The lowest BCUT2D eigenvalue weighted by molar-refractivity contribution is 0.101. The van der Waals surface area contributed by atoms with E-state index in [4.69, 9.17) is 14.7 Å². The molecule has 7 heteroatoms. The molecule has 2 aromatic rings. The first kappa shape index (κ1) is 17.2. The number of aryl methyl sites for hydroxylation is 1. The Morgan fingerprint density at radius 3 is 2.83 bits per heavy atom. The van der Waals surface area contributed by atoms with Crippen molar-refractivity contribution in [1.82, 2.24) is 4.57 Å². The van der Waals surface area contributed by atoms with Gasteiger partial charge in [-0.3, -0.25) is 9.59 Å². The highest BCUT2D eigenvalue weighted by Gasteiger charge is 2.15. The maximum absolute atomic E-state index is 12.5. The lowest BCUT2D eigenvalue weighted by Gasteiger charge is -2.12. The maximum Gasteiger partial charge on any atom is 0.260 e. The minimum absolute atomic E-state index is 0.184. The fraction of sp³-hybridized carbons (Fsp3) is 0.235. The number of nitriles is 1. The van der Waals surface area contributed by atoms with Crippen LogP contribution in [0.4, 0.5) is 5.69 Å². The highest BCUT2D eigenvalue weighted by molar-refractivity contribution is 6.06. The molecule has 0 saturated heterocycles. The van der Waals surface area contributed by atoms with Gasteiger partial charge in [0.2, 0.25) is 0 Å². The molecule has 0 saturated carbocycles. The van der Waals surface area contributed by atoms with Crippen molar-refractivity contribution in [3.8, 4) is 11.8 Å². The van der Waals surface area contributed by atoms with E-state index in [9.17, 15) is 9.59 Å². The van der Waals surface area contributed by atoms with Crippen LogP contribution in [0.1, 0.15) is 15.9 Å². The van der Waals surface area contributed by atoms with Crippen molar-refractivity contribution in [3.05, 3.63) is 58.0 Å². The van der Waals surface area contributed by atoms with Crippen molar-refractivity contribution in [2.75, 3.05) is 25.6 Å². The number of nitrogens with zero attached hydrogens (tertiary/aromatic N) is 2. The summed E-state index contributed by atoms with van der Waals surface area (Å²) in [6, 6.07) is 9.81.